The van der Waals surface area contributed by atoms with Crippen molar-refractivity contribution >= 4 is 34.2 Å². The highest BCUT2D eigenvalue weighted by Crippen LogP contribution is 2.58. The lowest BCUT2D eigenvalue weighted by Gasteiger charge is -2.36. The number of likely N-dealkylation sites (tertiary alicyclic amines) is 1. The van der Waals surface area contributed by atoms with Crippen LogP contribution in [-0.4, -0.2) is 70.3 Å². The molecule has 0 aliphatic carbocycles. The number of fused-ring (bicyclic) bond motifs is 2. The van der Waals surface area contributed by atoms with E-state index >= 15 is 0 Å². The van der Waals surface area contributed by atoms with Crippen molar-refractivity contribution in [1.82, 2.24) is 4.90 Å². The molecule has 184 valence electrons. The van der Waals surface area contributed by atoms with Gasteiger partial charge in [0.2, 0.25) is 5.91 Å². The summed E-state index contributed by atoms with van der Waals surface area (Å²) >= 11 is 0. The number of carboxylic acids is 1. The fourth-order valence-corrected chi connectivity index (χ4v) is 6.29. The summed E-state index contributed by atoms with van der Waals surface area (Å²) in [7, 11) is 0. The maximum Gasteiger partial charge on any atom is 0.310 e. The van der Waals surface area contributed by atoms with Crippen molar-refractivity contribution in [3.63, 3.8) is 0 Å². The minimum absolute atomic E-state index is 0.0226. The molecule has 2 unspecified atom stereocenters. The Labute approximate surface area is 203 Å². The van der Waals surface area contributed by atoms with Crippen LogP contribution in [-0.2, 0) is 19.1 Å². The van der Waals surface area contributed by atoms with Gasteiger partial charge in [-0.25, -0.2) is 0 Å². The van der Waals surface area contributed by atoms with Gasteiger partial charge in [-0.1, -0.05) is 36.4 Å². The van der Waals surface area contributed by atoms with Crippen LogP contribution in [0.15, 0.2) is 55.1 Å². The quantitative estimate of drug-likeness (QED) is 0.424. The molecule has 3 saturated heterocycles. The Morgan fingerprint density at radius 3 is 2.69 bits per heavy atom. The zero-order chi connectivity index (χ0) is 24.7. The van der Waals surface area contributed by atoms with E-state index in [2.05, 4.69) is 6.58 Å². The summed E-state index contributed by atoms with van der Waals surface area (Å²) in [6, 6.07) is 12.7. The van der Waals surface area contributed by atoms with Gasteiger partial charge in [0, 0.05) is 25.4 Å². The predicted molar refractivity (Wildman–Crippen MR) is 130 cm³/mol. The van der Waals surface area contributed by atoms with Gasteiger partial charge in [-0.2, -0.15) is 0 Å². The second-order valence-electron chi connectivity index (χ2n) is 9.63. The molecule has 2 amide bonds. The number of aliphatic hydroxyl groups excluding tert-OH is 1. The van der Waals surface area contributed by atoms with Gasteiger partial charge in [0.15, 0.2) is 0 Å². The molecule has 3 fully saturated rings. The number of aliphatic carboxylic acids is 1. The fourth-order valence-electron chi connectivity index (χ4n) is 6.29. The number of carbonyl (C=O) groups excluding carboxylic acids is 2. The largest absolute Gasteiger partial charge is 0.481 e. The number of carboxylic acid groups (broad SMARTS) is 1. The monoisotopic (exact) mass is 478 g/mol. The van der Waals surface area contributed by atoms with E-state index in [0.29, 0.717) is 31.4 Å². The third-order valence-corrected chi connectivity index (χ3v) is 7.75. The van der Waals surface area contributed by atoms with Crippen LogP contribution >= 0.6 is 0 Å². The van der Waals surface area contributed by atoms with Crippen LogP contribution in [0, 0.1) is 11.8 Å². The standard InChI is InChI=1S/C27H30N2O6/c1-2-13-28(19-10-9-17-7-3-4-8-18(17)16-19)25(32)23-27-12-11-20(35-27)21(26(33)34)22(27)24(31)29(23)14-5-6-15-30/h2-4,7-10,16,20-23,30H,1,5-6,11-15H2,(H,33,34)/t20-,21+,22+,23?,27?/m1/s1. The molecule has 3 aliphatic rings. The summed E-state index contributed by atoms with van der Waals surface area (Å²) in [5.41, 5.74) is -0.476. The lowest BCUT2D eigenvalue weighted by atomic mass is 9.70. The van der Waals surface area contributed by atoms with Crippen LogP contribution in [0.1, 0.15) is 25.7 Å². The van der Waals surface area contributed by atoms with Crippen LogP contribution < -0.4 is 4.90 Å². The van der Waals surface area contributed by atoms with Crippen molar-refractivity contribution in [2.24, 2.45) is 11.8 Å². The number of unbranched alkanes of at least 4 members (excludes halogenated alkanes) is 1. The Morgan fingerprint density at radius 2 is 1.97 bits per heavy atom. The predicted octanol–water partition coefficient (Wildman–Crippen LogP) is 2.59. The molecule has 5 atom stereocenters. The zero-order valence-electron chi connectivity index (χ0n) is 19.5. The molecule has 2 aromatic carbocycles. The van der Waals surface area contributed by atoms with Crippen LogP contribution in [0.4, 0.5) is 5.69 Å². The second-order valence-corrected chi connectivity index (χ2v) is 9.63. The smallest absolute Gasteiger partial charge is 0.310 e. The molecule has 2 aromatic rings. The van der Waals surface area contributed by atoms with Crippen molar-refractivity contribution < 1.29 is 29.3 Å². The van der Waals surface area contributed by atoms with Crippen molar-refractivity contribution in [3.05, 3.63) is 55.1 Å². The molecule has 3 aliphatic heterocycles. The first kappa shape index (κ1) is 23.5. The van der Waals surface area contributed by atoms with Crippen molar-refractivity contribution in [2.75, 3.05) is 24.6 Å². The van der Waals surface area contributed by atoms with Gasteiger partial charge in [0.25, 0.3) is 5.91 Å². The van der Waals surface area contributed by atoms with Crippen LogP contribution in [0.2, 0.25) is 0 Å². The van der Waals surface area contributed by atoms with Crippen molar-refractivity contribution in [1.29, 1.82) is 0 Å². The van der Waals surface area contributed by atoms with Crippen LogP contribution in [0.25, 0.3) is 10.8 Å². The number of benzene rings is 2. The molecule has 2 bridgehead atoms. The van der Waals surface area contributed by atoms with Crippen molar-refractivity contribution in [2.45, 2.75) is 43.4 Å². The van der Waals surface area contributed by atoms with Gasteiger partial charge < -0.3 is 24.7 Å². The number of hydrogen-bond acceptors (Lipinski definition) is 5. The first-order valence-corrected chi connectivity index (χ1v) is 12.2. The number of anilines is 1. The van der Waals surface area contributed by atoms with Crippen LogP contribution in [0.3, 0.4) is 0 Å². The molecule has 0 aromatic heterocycles. The third kappa shape index (κ3) is 3.63. The average Bonchev–Trinajstić information content (AvgIpc) is 3.49. The minimum atomic E-state index is -1.16. The summed E-state index contributed by atoms with van der Waals surface area (Å²) < 4.78 is 6.27. The van der Waals surface area contributed by atoms with Gasteiger partial charge in [-0.05, 0) is 48.6 Å². The highest BCUT2D eigenvalue weighted by atomic mass is 16.5. The van der Waals surface area contributed by atoms with Gasteiger partial charge in [0.05, 0.1) is 17.9 Å². The van der Waals surface area contributed by atoms with E-state index in [1.54, 1.807) is 11.0 Å². The first-order chi connectivity index (χ1) is 16.9. The van der Waals surface area contributed by atoms with E-state index in [9.17, 15) is 24.6 Å². The lowest BCUT2D eigenvalue weighted by Crippen LogP contribution is -2.56. The lowest BCUT2D eigenvalue weighted by molar-refractivity contribution is -0.149. The van der Waals surface area contributed by atoms with Gasteiger partial charge in [-0.3, -0.25) is 14.4 Å². The Morgan fingerprint density at radius 1 is 1.20 bits per heavy atom. The van der Waals surface area contributed by atoms with E-state index in [4.69, 9.17) is 4.74 Å². The molecule has 35 heavy (non-hydrogen) atoms. The zero-order valence-corrected chi connectivity index (χ0v) is 19.5. The van der Waals surface area contributed by atoms with E-state index < -0.39 is 35.6 Å². The Hall–Kier alpha value is -3.23. The van der Waals surface area contributed by atoms with E-state index in [1.807, 2.05) is 42.5 Å². The summed E-state index contributed by atoms with van der Waals surface area (Å²) in [5, 5.41) is 21.2. The molecule has 8 nitrogen and oxygen atoms in total. The van der Waals surface area contributed by atoms with Gasteiger partial charge in [0.1, 0.15) is 11.6 Å². The summed E-state index contributed by atoms with van der Waals surface area (Å²) in [6.07, 6.45) is 3.03. The Bertz CT molecular complexity index is 1180. The Kier molecular flexibility index (Phi) is 6.11. The molecular formula is C27H30N2O6. The van der Waals surface area contributed by atoms with E-state index in [-0.39, 0.29) is 31.5 Å². The Balaban J connectivity index is 1.56. The minimum Gasteiger partial charge on any atom is -0.481 e. The molecule has 1 spiro atoms. The normalized spacial score (nSPS) is 28.9. The number of amides is 2. The molecule has 2 N–H and O–H groups in total. The number of nitrogens with zero attached hydrogens (tertiary/aromatic N) is 2. The molecule has 0 radical (unpaired) electrons. The molecule has 3 heterocycles. The van der Waals surface area contributed by atoms with Gasteiger partial charge in [-0.15, -0.1) is 6.58 Å². The SMILES string of the molecule is C=CCN(C(=O)C1N(CCCCO)C(=O)[C@@H]2[C@@H](C(=O)O)[C@H]3CCC12O3)c1ccc2ccccc2c1. The number of hydrogen-bond donors (Lipinski definition) is 2. The average molecular weight is 479 g/mol. The number of aliphatic hydroxyl groups is 1. The summed E-state index contributed by atoms with van der Waals surface area (Å²) in [5.74, 6) is -3.54. The molecule has 8 heteroatoms. The molecular weight excluding hydrogens is 448 g/mol. The number of rotatable bonds is 9. The van der Waals surface area contributed by atoms with Crippen LogP contribution in [0.5, 0.6) is 0 Å². The maximum atomic E-state index is 14.3. The van der Waals surface area contributed by atoms with E-state index in [0.717, 1.165) is 10.8 Å². The first-order valence-electron chi connectivity index (χ1n) is 12.2. The molecule has 0 saturated carbocycles. The highest BCUT2D eigenvalue weighted by molar-refractivity contribution is 6.05. The highest BCUT2D eigenvalue weighted by Gasteiger charge is 2.74. The third-order valence-electron chi connectivity index (χ3n) is 7.75. The van der Waals surface area contributed by atoms with Gasteiger partial charge >= 0.3 is 5.97 Å². The molecule has 5 rings (SSSR count). The number of carbonyl (C=O) groups is 3. The second kappa shape index (κ2) is 9.09. The van der Waals surface area contributed by atoms with Crippen molar-refractivity contribution in [3.8, 4) is 0 Å². The topological polar surface area (TPSA) is 107 Å². The number of ether oxygens (including phenoxy) is 1. The van der Waals surface area contributed by atoms with E-state index in [1.165, 1.54) is 4.90 Å². The summed E-state index contributed by atoms with van der Waals surface area (Å²) in [6.45, 7) is 4.30. The summed E-state index contributed by atoms with van der Waals surface area (Å²) in [4.78, 5) is 43.1. The fraction of sp³-hybridized carbons (Fsp3) is 0.444. The maximum absolute atomic E-state index is 14.3.